The van der Waals surface area contributed by atoms with Crippen LogP contribution in [0.5, 0.6) is 0 Å². The van der Waals surface area contributed by atoms with Crippen LogP contribution in [0.25, 0.3) is 0 Å². The van der Waals surface area contributed by atoms with Gasteiger partial charge in [-0.05, 0) is 10.6 Å². The molecule has 0 aliphatic rings. The molecule has 0 saturated heterocycles. The summed E-state index contributed by atoms with van der Waals surface area (Å²) in [6.45, 7) is 17.3. The van der Waals surface area contributed by atoms with Crippen LogP contribution in [0.3, 0.4) is 0 Å². The van der Waals surface area contributed by atoms with Gasteiger partial charge in [0.15, 0.2) is 0 Å². The molecule has 0 spiro atoms. The summed E-state index contributed by atoms with van der Waals surface area (Å²) in [4.78, 5) is 0. The van der Waals surface area contributed by atoms with Crippen molar-refractivity contribution in [2.45, 2.75) is 32.0 Å². The van der Waals surface area contributed by atoms with Gasteiger partial charge in [-0.3, -0.25) is 0 Å². The van der Waals surface area contributed by atoms with E-state index in [0.717, 1.165) is 0 Å². The zero-order chi connectivity index (χ0) is 13.1. The first kappa shape index (κ1) is 14.2. The summed E-state index contributed by atoms with van der Waals surface area (Å²) in [6, 6.07) is 9.10. The molecule has 1 aromatic carbocycles. The first-order valence-electron chi connectivity index (χ1n) is 6.19. The number of benzene rings is 1. The number of hydrogen-bond acceptors (Lipinski definition) is 0. The van der Waals surface area contributed by atoms with E-state index in [9.17, 15) is 0 Å². The Bertz CT molecular complexity index is 417. The lowest BCUT2D eigenvalue weighted by atomic mass is 10.0. The van der Waals surface area contributed by atoms with Crippen LogP contribution < -0.4 is 5.19 Å². The lowest BCUT2D eigenvalue weighted by Crippen LogP contribution is -2.40. The lowest BCUT2D eigenvalue weighted by Gasteiger charge is -2.26. The largest absolute Gasteiger partial charge is 0.108 e. The van der Waals surface area contributed by atoms with Crippen molar-refractivity contribution in [3.8, 4) is 0 Å². The van der Waals surface area contributed by atoms with Crippen molar-refractivity contribution in [3.05, 3.63) is 54.4 Å². The van der Waals surface area contributed by atoms with E-state index in [1.807, 2.05) is 0 Å². The van der Waals surface area contributed by atoms with Gasteiger partial charge in [0.05, 0.1) is 9.52 Å². The molecule has 0 aromatic heterocycles. The van der Waals surface area contributed by atoms with Crippen molar-refractivity contribution in [1.29, 1.82) is 0 Å². The average Bonchev–Trinajstić information content (AvgIpc) is 2.29. The van der Waals surface area contributed by atoms with Gasteiger partial charge >= 0.3 is 0 Å². The molecule has 0 nitrogen and oxygen atoms in total. The molecule has 0 amide bonds. The minimum absolute atomic E-state index is 0.261. The summed E-state index contributed by atoms with van der Waals surface area (Å²) in [7, 11) is -1.69. The summed E-state index contributed by atoms with van der Waals surface area (Å²) < 4.78 is 0. The van der Waals surface area contributed by atoms with E-state index in [-0.39, 0.29) is 9.52 Å². The van der Waals surface area contributed by atoms with Crippen molar-refractivity contribution < 1.29 is 0 Å². The van der Waals surface area contributed by atoms with Gasteiger partial charge in [-0.15, -0.1) is 18.9 Å². The van der Waals surface area contributed by atoms with Gasteiger partial charge in [0, 0.05) is 0 Å². The second-order valence-electron chi connectivity index (χ2n) is 5.88. The van der Waals surface area contributed by atoms with E-state index < -0.39 is 8.07 Å². The van der Waals surface area contributed by atoms with Crippen LogP contribution in [-0.2, 0) is 5.04 Å². The smallest absolute Gasteiger partial charge is 0.103 e. The van der Waals surface area contributed by atoms with Gasteiger partial charge in [-0.2, -0.15) is 0 Å². The molecular weight excluding hydrogens is 236 g/mol. The maximum Gasteiger partial charge on any atom is 0.103 e. The number of rotatable bonds is 5. The predicted octanol–water partition coefficient (Wildman–Crippen LogP) is 2.87. The molecule has 0 unspecified atom stereocenters. The van der Waals surface area contributed by atoms with Gasteiger partial charge < -0.3 is 0 Å². The third-order valence-corrected chi connectivity index (χ3v) is 8.09. The van der Waals surface area contributed by atoms with Crippen LogP contribution in [0, 0.1) is 0 Å². The predicted molar refractivity (Wildman–Crippen MR) is 85.5 cm³/mol. The van der Waals surface area contributed by atoms with E-state index in [1.54, 1.807) is 0 Å². The molecule has 0 atom stereocenters. The molecule has 0 bridgehead atoms. The van der Waals surface area contributed by atoms with E-state index >= 15 is 0 Å². The minimum Gasteiger partial charge on any atom is -0.108 e. The van der Waals surface area contributed by atoms with E-state index in [1.165, 1.54) is 10.8 Å². The molecule has 0 saturated carbocycles. The third kappa shape index (κ3) is 3.30. The molecule has 17 heavy (non-hydrogen) atoms. The van der Waals surface area contributed by atoms with E-state index in [0.29, 0.717) is 5.04 Å². The molecule has 0 fully saturated rings. The van der Waals surface area contributed by atoms with Crippen LogP contribution in [0.2, 0.25) is 13.1 Å². The van der Waals surface area contributed by atoms with Crippen molar-refractivity contribution in [3.63, 3.8) is 0 Å². The molecule has 1 aromatic rings. The maximum atomic E-state index is 3.99. The summed E-state index contributed by atoms with van der Waals surface area (Å²) in [5, 5.41) is 1.79. The highest BCUT2D eigenvalue weighted by Crippen LogP contribution is 2.21. The summed E-state index contributed by atoms with van der Waals surface area (Å²) in [6.07, 6.45) is 0. The highest BCUT2D eigenvalue weighted by Gasteiger charge is 2.23. The van der Waals surface area contributed by atoms with Crippen LogP contribution >= 0.6 is 0 Å². The second-order valence-corrected chi connectivity index (χ2v) is 13.1. The highest BCUT2D eigenvalue weighted by atomic mass is 28.3. The van der Waals surface area contributed by atoms with Gasteiger partial charge in [0.25, 0.3) is 0 Å². The first-order valence-corrected chi connectivity index (χ1v) is 10.8. The fraction of sp³-hybridized carbons (Fsp3) is 0.333. The van der Waals surface area contributed by atoms with Crippen LogP contribution in [0.4, 0.5) is 0 Å². The zero-order valence-corrected chi connectivity index (χ0v) is 14.0. The minimum atomic E-state index is -1.43. The Morgan fingerprint density at radius 1 is 1.24 bits per heavy atom. The molecule has 0 aliphatic carbocycles. The summed E-state index contributed by atoms with van der Waals surface area (Å²) >= 11 is 0. The average molecular weight is 261 g/mol. The van der Waals surface area contributed by atoms with E-state index in [4.69, 9.17) is 0 Å². The van der Waals surface area contributed by atoms with Gasteiger partial charge in [0.1, 0.15) is 8.07 Å². The topological polar surface area (TPSA) is 0 Å². The standard InChI is InChI=1S/C15H24Si2/c1-7-16-15(3,4)13-10-9-11-14(12-13)17(5,6)8-2/h7-12H,1-2,16H2,3-6H3. The monoisotopic (exact) mass is 260 g/mol. The Morgan fingerprint density at radius 2 is 1.88 bits per heavy atom. The normalized spacial score (nSPS) is 12.9. The van der Waals surface area contributed by atoms with Gasteiger partial charge in [-0.1, -0.05) is 62.1 Å². The molecular formula is C15H24Si2. The Morgan fingerprint density at radius 3 is 2.41 bits per heavy atom. The van der Waals surface area contributed by atoms with Gasteiger partial charge in [-0.25, -0.2) is 0 Å². The third-order valence-electron chi connectivity index (χ3n) is 3.55. The molecule has 92 valence electrons. The van der Waals surface area contributed by atoms with Crippen molar-refractivity contribution in [2.24, 2.45) is 0 Å². The van der Waals surface area contributed by atoms with E-state index in [2.05, 4.69) is 75.8 Å². The summed E-state index contributed by atoms with van der Waals surface area (Å²) in [5.74, 6) is 0. The van der Waals surface area contributed by atoms with Crippen LogP contribution in [0.1, 0.15) is 19.4 Å². The van der Waals surface area contributed by atoms with Crippen LogP contribution in [-0.4, -0.2) is 17.6 Å². The quantitative estimate of drug-likeness (QED) is 0.714. The molecule has 0 N–H and O–H groups in total. The molecule has 0 radical (unpaired) electrons. The fourth-order valence-electron chi connectivity index (χ4n) is 1.94. The molecule has 2 heteroatoms. The lowest BCUT2D eigenvalue weighted by molar-refractivity contribution is 0.756. The Labute approximate surface area is 109 Å². The summed E-state index contributed by atoms with van der Waals surface area (Å²) in [5.41, 5.74) is 5.76. The highest BCUT2D eigenvalue weighted by molar-refractivity contribution is 6.93. The van der Waals surface area contributed by atoms with Crippen molar-refractivity contribution >= 4 is 22.8 Å². The first-order chi connectivity index (χ1) is 7.83. The fourth-order valence-corrected chi connectivity index (χ4v) is 4.40. The Hall–Kier alpha value is -0.866. The maximum absolute atomic E-state index is 3.99. The second kappa shape index (κ2) is 5.19. The SMILES string of the molecule is C=C[SiH2]C(C)(C)c1cccc([Si](C)(C)C=C)c1. The Balaban J connectivity index is 3.18. The van der Waals surface area contributed by atoms with Crippen molar-refractivity contribution in [2.75, 3.05) is 0 Å². The van der Waals surface area contributed by atoms with Gasteiger partial charge in [0.2, 0.25) is 0 Å². The Kier molecular flexibility index (Phi) is 4.33. The number of hydrogen-bond donors (Lipinski definition) is 0. The molecule has 0 heterocycles. The van der Waals surface area contributed by atoms with Crippen LogP contribution in [0.15, 0.2) is 48.8 Å². The molecule has 1 rings (SSSR count). The zero-order valence-electron chi connectivity index (χ0n) is 11.6. The molecule has 0 aliphatic heterocycles. The van der Waals surface area contributed by atoms with Crippen molar-refractivity contribution in [1.82, 2.24) is 0 Å².